The van der Waals surface area contributed by atoms with Gasteiger partial charge in [-0.1, -0.05) is 32.4 Å². The average Bonchev–Trinajstić information content (AvgIpc) is 2.47. The van der Waals surface area contributed by atoms with E-state index < -0.39 is 0 Å². The summed E-state index contributed by atoms with van der Waals surface area (Å²) >= 11 is 0. The van der Waals surface area contributed by atoms with Crippen LogP contribution in [0.1, 0.15) is 40.0 Å². The fourth-order valence-electron chi connectivity index (χ4n) is 2.42. The van der Waals surface area contributed by atoms with E-state index in [0.717, 1.165) is 24.4 Å². The lowest BCUT2D eigenvalue weighted by molar-refractivity contribution is 0.406. The first-order valence-corrected chi connectivity index (χ1v) is 5.62. The number of allylic oxidation sites excluding steroid dienone is 1. The van der Waals surface area contributed by atoms with Crippen molar-refractivity contribution in [3.05, 3.63) is 12.2 Å². The van der Waals surface area contributed by atoms with Gasteiger partial charge < -0.3 is 5.32 Å². The molecule has 0 unspecified atom stereocenters. The van der Waals surface area contributed by atoms with Crippen LogP contribution in [0.25, 0.3) is 0 Å². The largest absolute Gasteiger partial charge is 0.311 e. The Morgan fingerprint density at radius 2 is 2.15 bits per heavy atom. The Balaban J connectivity index is 2.23. The Morgan fingerprint density at radius 3 is 2.69 bits per heavy atom. The minimum absolute atomic E-state index is 0.774. The first-order valence-electron chi connectivity index (χ1n) is 5.62. The second-order valence-corrected chi connectivity index (χ2v) is 4.29. The molecular weight excluding hydrogens is 158 g/mol. The summed E-state index contributed by atoms with van der Waals surface area (Å²) in [6.45, 7) is 7.83. The third-order valence-electron chi connectivity index (χ3n) is 3.33. The van der Waals surface area contributed by atoms with E-state index in [-0.39, 0.29) is 0 Å². The average molecular weight is 181 g/mol. The van der Waals surface area contributed by atoms with Crippen LogP contribution in [0.4, 0.5) is 0 Å². The van der Waals surface area contributed by atoms with Gasteiger partial charge in [0.2, 0.25) is 0 Å². The molecule has 1 fully saturated rings. The van der Waals surface area contributed by atoms with Crippen molar-refractivity contribution in [1.29, 1.82) is 0 Å². The molecule has 1 heteroatoms. The Hall–Kier alpha value is -0.300. The van der Waals surface area contributed by atoms with E-state index in [2.05, 4.69) is 38.2 Å². The maximum atomic E-state index is 3.59. The lowest BCUT2D eigenvalue weighted by Crippen LogP contribution is -2.26. The zero-order valence-electron chi connectivity index (χ0n) is 9.22. The lowest BCUT2D eigenvalue weighted by atomic mass is 9.96. The summed E-state index contributed by atoms with van der Waals surface area (Å²) in [4.78, 5) is 0. The quantitative estimate of drug-likeness (QED) is 0.657. The summed E-state index contributed by atoms with van der Waals surface area (Å²) in [6, 6.07) is 0.774. The van der Waals surface area contributed by atoms with Crippen molar-refractivity contribution in [2.24, 2.45) is 11.8 Å². The Kier molecular flexibility index (Phi) is 4.51. The van der Waals surface area contributed by atoms with Crippen LogP contribution in [0.5, 0.6) is 0 Å². The summed E-state index contributed by atoms with van der Waals surface area (Å²) in [7, 11) is 0. The van der Waals surface area contributed by atoms with E-state index in [4.69, 9.17) is 0 Å². The summed E-state index contributed by atoms with van der Waals surface area (Å²) < 4.78 is 0. The molecule has 1 aliphatic rings. The van der Waals surface area contributed by atoms with Crippen LogP contribution in [0.3, 0.4) is 0 Å². The highest BCUT2D eigenvalue weighted by Crippen LogP contribution is 2.33. The molecule has 0 amide bonds. The van der Waals surface area contributed by atoms with Crippen LogP contribution in [-0.4, -0.2) is 12.6 Å². The first-order chi connectivity index (χ1) is 6.27. The summed E-state index contributed by atoms with van der Waals surface area (Å²) in [5.41, 5.74) is 0. The molecule has 0 spiro atoms. The molecule has 0 aliphatic heterocycles. The fourth-order valence-corrected chi connectivity index (χ4v) is 2.42. The smallest absolute Gasteiger partial charge is 0.0137 e. The van der Waals surface area contributed by atoms with Crippen molar-refractivity contribution in [2.75, 3.05) is 6.54 Å². The number of hydrogen-bond donors (Lipinski definition) is 1. The van der Waals surface area contributed by atoms with Crippen molar-refractivity contribution in [1.82, 2.24) is 5.32 Å². The van der Waals surface area contributed by atoms with Crippen molar-refractivity contribution in [2.45, 2.75) is 46.1 Å². The van der Waals surface area contributed by atoms with Gasteiger partial charge in [-0.3, -0.25) is 0 Å². The number of hydrogen-bond acceptors (Lipinski definition) is 1. The van der Waals surface area contributed by atoms with Crippen molar-refractivity contribution >= 4 is 0 Å². The molecule has 0 bridgehead atoms. The molecule has 0 aromatic rings. The topological polar surface area (TPSA) is 12.0 Å². The highest BCUT2D eigenvalue weighted by molar-refractivity contribution is 4.88. The molecule has 1 rings (SSSR count). The molecule has 0 aromatic heterocycles. The molecule has 13 heavy (non-hydrogen) atoms. The SMILES string of the molecule is C/C=C\CN[C@@H]1C[C@@H](CC)[C@@H](C)C1. The van der Waals surface area contributed by atoms with Crippen LogP contribution in [0.15, 0.2) is 12.2 Å². The third-order valence-corrected chi connectivity index (χ3v) is 3.33. The molecule has 1 nitrogen and oxygen atoms in total. The minimum Gasteiger partial charge on any atom is -0.311 e. The van der Waals surface area contributed by atoms with Gasteiger partial charge in [-0.2, -0.15) is 0 Å². The lowest BCUT2D eigenvalue weighted by Gasteiger charge is -2.10. The van der Waals surface area contributed by atoms with Crippen molar-refractivity contribution in [3.8, 4) is 0 Å². The van der Waals surface area contributed by atoms with Crippen LogP contribution in [0.2, 0.25) is 0 Å². The maximum absolute atomic E-state index is 3.59. The van der Waals surface area contributed by atoms with E-state index in [9.17, 15) is 0 Å². The molecule has 1 N–H and O–H groups in total. The van der Waals surface area contributed by atoms with Gasteiger partial charge in [0.25, 0.3) is 0 Å². The zero-order valence-corrected chi connectivity index (χ0v) is 9.22. The van der Waals surface area contributed by atoms with E-state index >= 15 is 0 Å². The van der Waals surface area contributed by atoms with Crippen LogP contribution < -0.4 is 5.32 Å². The molecule has 0 saturated heterocycles. The van der Waals surface area contributed by atoms with Crippen LogP contribution >= 0.6 is 0 Å². The maximum Gasteiger partial charge on any atom is 0.0137 e. The van der Waals surface area contributed by atoms with Crippen LogP contribution in [-0.2, 0) is 0 Å². The summed E-state index contributed by atoms with van der Waals surface area (Å²) in [6.07, 6.45) is 8.42. The second kappa shape index (κ2) is 5.43. The highest BCUT2D eigenvalue weighted by Gasteiger charge is 2.28. The van der Waals surface area contributed by atoms with Crippen molar-refractivity contribution < 1.29 is 0 Å². The van der Waals surface area contributed by atoms with Gasteiger partial charge in [0.05, 0.1) is 0 Å². The van der Waals surface area contributed by atoms with Gasteiger partial charge in [0.15, 0.2) is 0 Å². The number of rotatable bonds is 4. The molecule has 0 aromatic carbocycles. The van der Waals surface area contributed by atoms with Crippen molar-refractivity contribution in [3.63, 3.8) is 0 Å². The predicted molar refractivity (Wildman–Crippen MR) is 58.8 cm³/mol. The van der Waals surface area contributed by atoms with Gasteiger partial charge in [-0.15, -0.1) is 0 Å². The van der Waals surface area contributed by atoms with E-state index in [1.165, 1.54) is 19.3 Å². The first kappa shape index (κ1) is 10.8. The molecule has 1 saturated carbocycles. The van der Waals surface area contributed by atoms with E-state index in [1.54, 1.807) is 0 Å². The number of nitrogens with one attached hydrogen (secondary N) is 1. The molecule has 76 valence electrons. The fraction of sp³-hybridized carbons (Fsp3) is 0.833. The third kappa shape index (κ3) is 3.15. The van der Waals surface area contributed by atoms with Gasteiger partial charge >= 0.3 is 0 Å². The summed E-state index contributed by atoms with van der Waals surface area (Å²) in [5.74, 6) is 1.89. The van der Waals surface area contributed by atoms with E-state index in [1.807, 2.05) is 0 Å². The standard InChI is InChI=1S/C12H23N/c1-4-6-7-13-12-8-10(3)11(5-2)9-12/h4,6,10-13H,5,7-9H2,1-3H3/b6-4-/t10-,11+,12-/m0/s1. The predicted octanol–water partition coefficient (Wildman–Crippen LogP) is 2.98. The Labute approximate surface area is 82.6 Å². The van der Waals surface area contributed by atoms with Gasteiger partial charge in [0, 0.05) is 12.6 Å². The monoisotopic (exact) mass is 181 g/mol. The highest BCUT2D eigenvalue weighted by atomic mass is 14.9. The minimum atomic E-state index is 0.774. The molecule has 1 aliphatic carbocycles. The van der Waals surface area contributed by atoms with Gasteiger partial charge in [0.1, 0.15) is 0 Å². The molecule has 0 heterocycles. The normalized spacial score (nSPS) is 34.5. The zero-order chi connectivity index (χ0) is 9.68. The summed E-state index contributed by atoms with van der Waals surface area (Å²) in [5, 5.41) is 3.59. The van der Waals surface area contributed by atoms with Crippen LogP contribution in [0, 0.1) is 11.8 Å². The second-order valence-electron chi connectivity index (χ2n) is 4.29. The van der Waals surface area contributed by atoms with E-state index in [0.29, 0.717) is 0 Å². The van der Waals surface area contributed by atoms with Gasteiger partial charge in [-0.25, -0.2) is 0 Å². The Bertz CT molecular complexity index is 163. The molecule has 0 radical (unpaired) electrons. The molecular formula is C12H23N. The van der Waals surface area contributed by atoms with Gasteiger partial charge in [-0.05, 0) is 31.6 Å². The Morgan fingerprint density at radius 1 is 1.38 bits per heavy atom. The molecule has 3 atom stereocenters.